The molecule has 24 heteroatoms. The molecule has 0 radical (unpaired) electrons. The van der Waals surface area contributed by atoms with Gasteiger partial charge >= 0.3 is 0 Å². The number of halogens is 3. The predicted octanol–water partition coefficient (Wildman–Crippen LogP) is 8.07. The van der Waals surface area contributed by atoms with E-state index in [1.165, 1.54) is 69.3 Å². The summed E-state index contributed by atoms with van der Waals surface area (Å²) in [5.41, 5.74) is -2.26. The molecule has 6 aromatic rings. The maximum atomic E-state index is 13.9. The third-order valence-electron chi connectivity index (χ3n) is 10.9. The lowest BCUT2D eigenvalue weighted by Gasteiger charge is -2.41. The number of non-ortho nitro benzene ring substituents is 3. The van der Waals surface area contributed by atoms with E-state index in [2.05, 4.69) is 16.0 Å². The van der Waals surface area contributed by atoms with Gasteiger partial charge in [-0.05, 0) is 54.6 Å². The van der Waals surface area contributed by atoms with Gasteiger partial charge in [-0.2, -0.15) is 0 Å². The van der Waals surface area contributed by atoms with Gasteiger partial charge in [0.1, 0.15) is 0 Å². The van der Waals surface area contributed by atoms with Crippen molar-refractivity contribution in [1.82, 2.24) is 14.7 Å². The molecule has 21 nitrogen and oxygen atoms in total. The van der Waals surface area contributed by atoms with Gasteiger partial charge in [0.25, 0.3) is 17.1 Å². The van der Waals surface area contributed by atoms with Crippen LogP contribution in [0.5, 0.6) is 0 Å². The molecule has 0 spiro atoms. The SMILES string of the molecule is O=C(CN1CN(CC(=O)Nc2ccc([N+](=O)[O-])cc2C(=O)c2ccccc2Cl)CN(CC(=O)Nc2ccc([N+](=O)[O-])cc2C(=O)c2ccccc2Cl)C1)Nc1ccc([N+](=O)[O-])cc1C(=O)c1ccccc1Cl. The number of nitro groups is 3. The van der Waals surface area contributed by atoms with Crippen LogP contribution < -0.4 is 16.0 Å². The van der Waals surface area contributed by atoms with Gasteiger partial charge in [-0.1, -0.05) is 71.2 Å². The highest BCUT2D eigenvalue weighted by molar-refractivity contribution is 6.36. The Balaban J connectivity index is 1.15. The fourth-order valence-electron chi connectivity index (χ4n) is 7.66. The molecule has 0 atom stereocenters. The van der Waals surface area contributed by atoms with Crippen molar-refractivity contribution in [3.63, 3.8) is 0 Å². The summed E-state index contributed by atoms with van der Waals surface area (Å²) in [7, 11) is 0. The highest BCUT2D eigenvalue weighted by Crippen LogP contribution is 2.31. The number of amides is 3. The highest BCUT2D eigenvalue weighted by Gasteiger charge is 2.30. The van der Waals surface area contributed by atoms with Gasteiger partial charge in [0.15, 0.2) is 17.3 Å². The molecule has 1 heterocycles. The summed E-state index contributed by atoms with van der Waals surface area (Å²) in [4.78, 5) is 120. The van der Waals surface area contributed by atoms with Crippen molar-refractivity contribution in [2.24, 2.45) is 0 Å². The van der Waals surface area contributed by atoms with Crippen molar-refractivity contribution in [3.05, 3.63) is 206 Å². The number of ketones is 3. The number of carbonyl (C=O) groups excluding carboxylic acids is 6. The maximum Gasteiger partial charge on any atom is 0.270 e. The van der Waals surface area contributed by atoms with E-state index in [4.69, 9.17) is 34.8 Å². The lowest BCUT2D eigenvalue weighted by Crippen LogP contribution is -2.58. The molecular weight excluding hydrogens is 1000 g/mol. The summed E-state index contributed by atoms with van der Waals surface area (Å²) >= 11 is 18.9. The van der Waals surface area contributed by atoms with Gasteiger partial charge < -0.3 is 16.0 Å². The van der Waals surface area contributed by atoms with E-state index in [1.54, 1.807) is 36.4 Å². The molecule has 366 valence electrons. The Morgan fingerprint density at radius 1 is 0.403 bits per heavy atom. The van der Waals surface area contributed by atoms with Gasteiger partial charge in [0, 0.05) is 53.1 Å². The average molecular weight is 1040 g/mol. The molecule has 1 aliphatic heterocycles. The molecule has 0 saturated carbocycles. The minimum atomic E-state index is -0.727. The second kappa shape index (κ2) is 22.6. The summed E-state index contributed by atoms with van der Waals surface area (Å²) in [6, 6.07) is 27.8. The van der Waals surface area contributed by atoms with Gasteiger partial charge in [-0.15, -0.1) is 0 Å². The Kier molecular flexibility index (Phi) is 16.2. The molecule has 0 bridgehead atoms. The minimum absolute atomic E-state index is 0.0113. The second-order valence-corrected chi connectivity index (χ2v) is 17.2. The molecule has 0 aliphatic carbocycles. The molecule has 1 fully saturated rings. The maximum absolute atomic E-state index is 13.9. The number of benzene rings is 6. The number of anilines is 3. The topological polar surface area (TPSA) is 278 Å². The van der Waals surface area contributed by atoms with E-state index >= 15 is 0 Å². The first kappa shape index (κ1) is 51.5. The molecule has 3 amide bonds. The minimum Gasteiger partial charge on any atom is -0.324 e. The first-order valence-corrected chi connectivity index (χ1v) is 22.3. The van der Waals surface area contributed by atoms with Crippen molar-refractivity contribution in [3.8, 4) is 0 Å². The van der Waals surface area contributed by atoms with E-state index in [-0.39, 0.29) is 85.5 Å². The summed E-state index contributed by atoms with van der Waals surface area (Å²) in [5, 5.41) is 43.2. The number of hydrogen-bond acceptors (Lipinski definition) is 15. The average Bonchev–Trinajstić information content (AvgIpc) is 3.33. The zero-order valence-electron chi connectivity index (χ0n) is 37.1. The third-order valence-corrected chi connectivity index (χ3v) is 11.8. The van der Waals surface area contributed by atoms with Gasteiger partial charge in [-0.25, -0.2) is 0 Å². The molecule has 0 unspecified atom stereocenters. The highest BCUT2D eigenvalue weighted by atomic mass is 35.5. The van der Waals surface area contributed by atoms with Crippen LogP contribution in [0.15, 0.2) is 127 Å². The lowest BCUT2D eigenvalue weighted by molar-refractivity contribution is -0.385. The Morgan fingerprint density at radius 2 is 0.653 bits per heavy atom. The number of rotatable bonds is 18. The number of carbonyl (C=O) groups is 6. The Morgan fingerprint density at radius 3 is 0.889 bits per heavy atom. The van der Waals surface area contributed by atoms with E-state index in [0.717, 1.165) is 36.4 Å². The lowest BCUT2D eigenvalue weighted by atomic mass is 10.0. The molecule has 72 heavy (non-hydrogen) atoms. The number of nitrogens with one attached hydrogen (secondary N) is 3. The Labute approximate surface area is 422 Å². The van der Waals surface area contributed by atoms with Crippen LogP contribution in [-0.4, -0.2) is 104 Å². The summed E-state index contributed by atoms with van der Waals surface area (Å²) in [6.07, 6.45) is 0. The van der Waals surface area contributed by atoms with Crippen molar-refractivity contribution in [2.75, 3.05) is 55.6 Å². The molecular formula is C48H36Cl3N9O12. The zero-order chi connectivity index (χ0) is 51.8. The van der Waals surface area contributed by atoms with E-state index < -0.39 is 86.5 Å². The van der Waals surface area contributed by atoms with Crippen molar-refractivity contribution < 1.29 is 43.5 Å². The molecule has 3 N–H and O–H groups in total. The second-order valence-electron chi connectivity index (χ2n) is 15.9. The molecule has 1 saturated heterocycles. The first-order chi connectivity index (χ1) is 34.4. The fourth-order valence-corrected chi connectivity index (χ4v) is 8.33. The van der Waals surface area contributed by atoms with Crippen molar-refractivity contribution in [2.45, 2.75) is 0 Å². The van der Waals surface area contributed by atoms with Gasteiger partial charge in [-0.3, -0.25) is 73.8 Å². The standard InChI is InChI=1S/C48H36Cl3N9O12/c49-37-10-4-1-7-31(37)46(64)34-19-28(58(67)68)13-16-40(34)52-43(61)22-55-25-56(23-44(62)53-41-17-14-29(59(69)70)20-35(41)47(65)32-8-2-5-11-38(32)50)27-57(26-55)24-45(63)54-42-18-15-30(60(71)72)21-36(42)48(66)33-9-3-6-12-39(33)51/h1-21H,22-27H2,(H,52,61)(H,53,62)(H,54,63). The fraction of sp³-hybridized carbons (Fsp3) is 0.125. The summed E-state index contributed by atoms with van der Waals surface area (Å²) < 4.78 is 0. The van der Waals surface area contributed by atoms with Crippen LogP contribution in [0.1, 0.15) is 47.8 Å². The van der Waals surface area contributed by atoms with E-state index in [9.17, 15) is 59.1 Å². The van der Waals surface area contributed by atoms with Crippen LogP contribution in [-0.2, 0) is 14.4 Å². The number of nitro benzene ring substituents is 3. The third kappa shape index (κ3) is 12.3. The van der Waals surface area contributed by atoms with Crippen LogP contribution in [0.3, 0.4) is 0 Å². The molecule has 0 aromatic heterocycles. The van der Waals surface area contributed by atoms with Crippen LogP contribution >= 0.6 is 34.8 Å². The summed E-state index contributed by atoms with van der Waals surface area (Å²) in [6.45, 7) is -1.71. The smallest absolute Gasteiger partial charge is 0.270 e. The molecule has 1 aliphatic rings. The van der Waals surface area contributed by atoms with Crippen LogP contribution in [0.2, 0.25) is 15.1 Å². The number of hydrogen-bond donors (Lipinski definition) is 3. The number of nitrogens with zero attached hydrogens (tertiary/aromatic N) is 6. The van der Waals surface area contributed by atoms with Gasteiger partial charge in [0.2, 0.25) is 17.7 Å². The van der Waals surface area contributed by atoms with Crippen molar-refractivity contribution in [1.29, 1.82) is 0 Å². The predicted molar refractivity (Wildman–Crippen MR) is 265 cm³/mol. The van der Waals surface area contributed by atoms with Crippen LogP contribution in [0, 0.1) is 30.3 Å². The Hall–Kier alpha value is -8.31. The zero-order valence-corrected chi connectivity index (χ0v) is 39.4. The first-order valence-electron chi connectivity index (χ1n) is 21.2. The van der Waals surface area contributed by atoms with E-state index in [0.29, 0.717) is 0 Å². The normalized spacial score (nSPS) is 12.9. The monoisotopic (exact) mass is 1040 g/mol. The molecule has 6 aromatic carbocycles. The quantitative estimate of drug-likeness (QED) is 0.0417. The summed E-state index contributed by atoms with van der Waals surface area (Å²) in [5.74, 6) is -4.34. The van der Waals surface area contributed by atoms with Crippen molar-refractivity contribution >= 4 is 104 Å². The largest absolute Gasteiger partial charge is 0.324 e. The molecule has 7 rings (SSSR count). The van der Waals surface area contributed by atoms with Gasteiger partial charge in [0.05, 0.1) is 103 Å². The van der Waals surface area contributed by atoms with Crippen LogP contribution in [0.4, 0.5) is 34.1 Å². The Bertz CT molecular complexity index is 2890. The van der Waals surface area contributed by atoms with E-state index in [1.807, 2.05) is 0 Å². The van der Waals surface area contributed by atoms with Crippen LogP contribution in [0.25, 0.3) is 0 Å².